The van der Waals surface area contributed by atoms with Gasteiger partial charge in [0.05, 0.1) is 29.6 Å². The fourth-order valence-corrected chi connectivity index (χ4v) is 2.41. The molecule has 0 heterocycles. The minimum atomic E-state index is -4.58. The molecule has 160 valence electrons. The number of amides is 2. The van der Waals surface area contributed by atoms with E-state index in [1.807, 2.05) is 0 Å². The van der Waals surface area contributed by atoms with Gasteiger partial charge in [0.1, 0.15) is 0 Å². The highest BCUT2D eigenvalue weighted by molar-refractivity contribution is 6.33. The van der Waals surface area contributed by atoms with Gasteiger partial charge in [-0.25, -0.2) is 5.43 Å². The zero-order valence-corrected chi connectivity index (χ0v) is 16.3. The molecule has 11 heteroatoms. The van der Waals surface area contributed by atoms with Crippen molar-refractivity contribution in [2.45, 2.75) is 19.0 Å². The van der Waals surface area contributed by atoms with Crippen LogP contribution < -0.4 is 15.5 Å². The average Bonchev–Trinajstić information content (AvgIpc) is 2.68. The van der Waals surface area contributed by atoms with Crippen LogP contribution in [0, 0.1) is 0 Å². The number of methoxy groups -OCH3 is 1. The van der Waals surface area contributed by atoms with Gasteiger partial charge in [0, 0.05) is 12.8 Å². The van der Waals surface area contributed by atoms with Gasteiger partial charge in [-0.1, -0.05) is 11.6 Å². The molecule has 0 saturated carbocycles. The Balaban J connectivity index is 1.86. The first kappa shape index (κ1) is 23.0. The third-order valence-corrected chi connectivity index (χ3v) is 4.08. The van der Waals surface area contributed by atoms with Gasteiger partial charge in [-0.2, -0.15) is 18.3 Å². The molecular weight excluding hydrogens is 427 g/mol. The van der Waals surface area contributed by atoms with Crippen molar-refractivity contribution in [2.24, 2.45) is 5.10 Å². The van der Waals surface area contributed by atoms with Crippen molar-refractivity contribution in [1.29, 1.82) is 0 Å². The normalized spacial score (nSPS) is 11.4. The summed E-state index contributed by atoms with van der Waals surface area (Å²) in [5.74, 6) is -1.08. The number of phenolic OH excluding ortho intramolecular Hbond substituents is 1. The number of aromatic hydroxyl groups is 1. The molecule has 0 aliphatic carbocycles. The smallest absolute Gasteiger partial charge is 0.416 e. The predicted molar refractivity (Wildman–Crippen MR) is 105 cm³/mol. The van der Waals surface area contributed by atoms with Gasteiger partial charge < -0.3 is 15.2 Å². The van der Waals surface area contributed by atoms with Crippen LogP contribution in [-0.2, 0) is 15.8 Å². The van der Waals surface area contributed by atoms with Crippen LogP contribution in [0.25, 0.3) is 0 Å². The summed E-state index contributed by atoms with van der Waals surface area (Å²) >= 11 is 5.81. The maximum Gasteiger partial charge on any atom is 0.416 e. The summed E-state index contributed by atoms with van der Waals surface area (Å²) < 4.78 is 43.2. The Morgan fingerprint density at radius 3 is 2.53 bits per heavy atom. The third kappa shape index (κ3) is 6.66. The molecule has 0 atom stereocenters. The Labute approximate surface area is 174 Å². The number of anilines is 1. The average molecular weight is 444 g/mol. The fourth-order valence-electron chi connectivity index (χ4n) is 2.25. The SMILES string of the molecule is COc1cc(C=NNC(=O)CCC(=O)Nc2cc(C(F)(F)F)ccc2Cl)ccc1O. The van der Waals surface area contributed by atoms with E-state index in [0.717, 1.165) is 18.2 Å². The van der Waals surface area contributed by atoms with Gasteiger partial charge in [-0.15, -0.1) is 0 Å². The largest absolute Gasteiger partial charge is 0.504 e. The van der Waals surface area contributed by atoms with Crippen molar-refractivity contribution in [1.82, 2.24) is 5.43 Å². The fraction of sp³-hybridized carbons (Fsp3) is 0.211. The topological polar surface area (TPSA) is 100 Å². The van der Waals surface area contributed by atoms with Crippen LogP contribution in [0.15, 0.2) is 41.5 Å². The van der Waals surface area contributed by atoms with Crippen molar-refractivity contribution < 1.29 is 32.6 Å². The number of benzene rings is 2. The molecule has 2 amide bonds. The Bertz CT molecular complexity index is 965. The van der Waals surface area contributed by atoms with Gasteiger partial charge in [-0.3, -0.25) is 9.59 Å². The molecule has 30 heavy (non-hydrogen) atoms. The number of carbonyl (C=O) groups is 2. The summed E-state index contributed by atoms with van der Waals surface area (Å²) in [6.45, 7) is 0. The van der Waals surface area contributed by atoms with Gasteiger partial charge in [0.2, 0.25) is 11.8 Å². The molecule has 0 bridgehead atoms. The highest BCUT2D eigenvalue weighted by atomic mass is 35.5. The number of hydrogen-bond donors (Lipinski definition) is 3. The molecule has 2 rings (SSSR count). The van der Waals surface area contributed by atoms with E-state index in [0.29, 0.717) is 5.56 Å². The number of halogens is 4. The highest BCUT2D eigenvalue weighted by Gasteiger charge is 2.31. The quantitative estimate of drug-likeness (QED) is 0.445. The minimum Gasteiger partial charge on any atom is -0.504 e. The monoisotopic (exact) mass is 443 g/mol. The zero-order valence-electron chi connectivity index (χ0n) is 15.6. The lowest BCUT2D eigenvalue weighted by Gasteiger charge is -2.11. The van der Waals surface area contributed by atoms with Crippen molar-refractivity contribution in [3.63, 3.8) is 0 Å². The highest BCUT2D eigenvalue weighted by Crippen LogP contribution is 2.33. The second-order valence-electron chi connectivity index (χ2n) is 5.97. The lowest BCUT2D eigenvalue weighted by atomic mass is 10.2. The molecule has 0 saturated heterocycles. The first-order valence-electron chi connectivity index (χ1n) is 8.45. The second kappa shape index (κ2) is 9.97. The lowest BCUT2D eigenvalue weighted by molar-refractivity contribution is -0.137. The van der Waals surface area contributed by atoms with E-state index in [1.165, 1.54) is 25.5 Å². The van der Waals surface area contributed by atoms with Crippen LogP contribution >= 0.6 is 11.6 Å². The predicted octanol–water partition coefficient (Wildman–Crippen LogP) is 3.94. The van der Waals surface area contributed by atoms with E-state index in [9.17, 15) is 27.9 Å². The number of carbonyl (C=O) groups excluding carboxylic acids is 2. The van der Waals surface area contributed by atoms with E-state index in [4.69, 9.17) is 16.3 Å². The zero-order chi connectivity index (χ0) is 22.3. The second-order valence-corrected chi connectivity index (χ2v) is 6.37. The van der Waals surface area contributed by atoms with E-state index in [-0.39, 0.29) is 35.1 Å². The molecule has 0 aromatic heterocycles. The third-order valence-electron chi connectivity index (χ3n) is 3.75. The van der Waals surface area contributed by atoms with Gasteiger partial charge in [0.15, 0.2) is 11.5 Å². The Morgan fingerprint density at radius 2 is 1.87 bits per heavy atom. The summed E-state index contributed by atoms with van der Waals surface area (Å²) in [6, 6.07) is 6.98. The van der Waals surface area contributed by atoms with Crippen molar-refractivity contribution in [3.05, 3.63) is 52.5 Å². The van der Waals surface area contributed by atoms with E-state index < -0.39 is 23.6 Å². The summed E-state index contributed by atoms with van der Waals surface area (Å²) in [4.78, 5) is 23.7. The Hall–Kier alpha value is -3.27. The lowest BCUT2D eigenvalue weighted by Crippen LogP contribution is -2.21. The maximum absolute atomic E-state index is 12.8. The summed E-state index contributed by atoms with van der Waals surface area (Å²) in [5.41, 5.74) is 1.60. The minimum absolute atomic E-state index is 0.0504. The molecule has 0 aliphatic heterocycles. The van der Waals surface area contributed by atoms with Crippen molar-refractivity contribution in [2.75, 3.05) is 12.4 Å². The number of rotatable bonds is 7. The van der Waals surface area contributed by atoms with Gasteiger partial charge in [0.25, 0.3) is 0 Å². The molecular formula is C19H17ClF3N3O4. The number of ether oxygens (including phenoxy) is 1. The number of phenols is 1. The molecule has 2 aromatic rings. The van der Waals surface area contributed by atoms with E-state index in [2.05, 4.69) is 15.8 Å². The first-order chi connectivity index (χ1) is 14.1. The van der Waals surface area contributed by atoms with Crippen LogP contribution in [0.1, 0.15) is 24.0 Å². The molecule has 0 spiro atoms. The Morgan fingerprint density at radius 1 is 1.17 bits per heavy atom. The van der Waals surface area contributed by atoms with Crippen LogP contribution in [0.5, 0.6) is 11.5 Å². The number of hydrazone groups is 1. The van der Waals surface area contributed by atoms with Crippen LogP contribution in [0.2, 0.25) is 5.02 Å². The van der Waals surface area contributed by atoms with Gasteiger partial charge >= 0.3 is 6.18 Å². The Kier molecular flexibility index (Phi) is 7.65. The number of alkyl halides is 3. The number of nitrogens with one attached hydrogen (secondary N) is 2. The standard InChI is InChI=1S/C19H17ClF3N3O4/c1-30-16-8-11(2-5-15(16)27)10-24-26-18(29)7-6-17(28)25-14-9-12(19(21,22)23)3-4-13(14)20/h2-5,8-10,27H,6-7H2,1H3,(H,25,28)(H,26,29). The molecule has 3 N–H and O–H groups in total. The number of nitrogens with zero attached hydrogens (tertiary/aromatic N) is 1. The summed E-state index contributed by atoms with van der Waals surface area (Å²) in [5, 5.41) is 15.4. The maximum atomic E-state index is 12.8. The molecule has 7 nitrogen and oxygen atoms in total. The molecule has 0 aliphatic rings. The van der Waals surface area contributed by atoms with Crippen LogP contribution in [0.3, 0.4) is 0 Å². The summed E-state index contributed by atoms with van der Waals surface area (Å²) in [6.07, 6.45) is -3.81. The van der Waals surface area contributed by atoms with Crippen molar-refractivity contribution in [3.8, 4) is 11.5 Å². The van der Waals surface area contributed by atoms with Crippen LogP contribution in [-0.4, -0.2) is 30.2 Å². The van der Waals surface area contributed by atoms with Crippen LogP contribution in [0.4, 0.5) is 18.9 Å². The van der Waals surface area contributed by atoms with Crippen molar-refractivity contribution >= 4 is 35.3 Å². The van der Waals surface area contributed by atoms with E-state index >= 15 is 0 Å². The molecule has 0 unspecified atom stereocenters. The van der Waals surface area contributed by atoms with E-state index in [1.54, 1.807) is 6.07 Å². The molecule has 2 aromatic carbocycles. The molecule has 0 fully saturated rings. The molecule has 0 radical (unpaired) electrons. The summed E-state index contributed by atoms with van der Waals surface area (Å²) in [7, 11) is 1.38. The van der Waals surface area contributed by atoms with Gasteiger partial charge in [-0.05, 0) is 42.0 Å². The first-order valence-corrected chi connectivity index (χ1v) is 8.83. The number of hydrogen-bond acceptors (Lipinski definition) is 5.